The highest BCUT2D eigenvalue weighted by Gasteiger charge is 2.24. The largest absolute Gasteiger partial charge is 0.744 e. The maximum Gasteiger partial charge on any atom is 0.124 e. The van der Waals surface area contributed by atoms with Crippen LogP contribution in [0.2, 0.25) is 0 Å². The summed E-state index contributed by atoms with van der Waals surface area (Å²) in [6.45, 7) is 21.1. The Morgan fingerprint density at radius 1 is 0.767 bits per heavy atom. The van der Waals surface area contributed by atoms with Crippen molar-refractivity contribution in [2.24, 2.45) is 10.8 Å². The van der Waals surface area contributed by atoms with Crippen LogP contribution in [0.5, 0.6) is 0 Å². The minimum atomic E-state index is -4.27. The molecule has 0 aliphatic heterocycles. The van der Waals surface area contributed by atoms with Crippen LogP contribution in [0.15, 0.2) is 29.2 Å². The van der Waals surface area contributed by atoms with E-state index in [2.05, 4.69) is 54.9 Å². The molecule has 0 aromatic heterocycles. The molecule has 0 radical (unpaired) electrons. The Labute approximate surface area is 188 Å². The van der Waals surface area contributed by atoms with E-state index in [0.717, 1.165) is 5.56 Å². The van der Waals surface area contributed by atoms with Crippen LogP contribution in [0.3, 0.4) is 0 Å². The number of unbranched alkanes of at least 4 members (excludes halogenated alkanes) is 2. The molecule has 0 bridgehead atoms. The number of benzene rings is 1. The highest BCUT2D eigenvalue weighted by molar-refractivity contribution is 7.85. The van der Waals surface area contributed by atoms with E-state index in [1.54, 1.807) is 12.1 Å². The lowest BCUT2D eigenvalue weighted by molar-refractivity contribution is 0.363. The summed E-state index contributed by atoms with van der Waals surface area (Å²) in [6, 6.07) is 5.78. The Morgan fingerprint density at radius 3 is 1.43 bits per heavy atom. The van der Waals surface area contributed by atoms with Gasteiger partial charge in [-0.25, -0.2) is 8.42 Å². The van der Waals surface area contributed by atoms with Gasteiger partial charge in [0.05, 0.1) is 17.2 Å². The summed E-state index contributed by atoms with van der Waals surface area (Å²) in [6.07, 6.45) is 11.6. The Hall–Kier alpha value is -0.440. The second-order valence-electron chi connectivity index (χ2n) is 11.7. The van der Waals surface area contributed by atoms with Crippen LogP contribution in [-0.4, -0.2) is 38.6 Å². The van der Waals surface area contributed by atoms with Gasteiger partial charge in [0.1, 0.15) is 10.1 Å². The summed E-state index contributed by atoms with van der Waals surface area (Å²) < 4.78 is 31.2. The van der Waals surface area contributed by atoms with E-state index in [-0.39, 0.29) is 4.90 Å². The summed E-state index contributed by atoms with van der Waals surface area (Å²) in [5, 5.41) is 0. The first-order chi connectivity index (χ1) is 13.4. The van der Waals surface area contributed by atoms with Crippen molar-refractivity contribution < 1.29 is 13.0 Å². The van der Waals surface area contributed by atoms with Crippen LogP contribution in [0.1, 0.15) is 85.6 Å². The predicted octanol–water partition coefficient (Wildman–Crippen LogP) is 7.60. The topological polar surface area (TPSA) is 57.2 Å². The first kappa shape index (κ1) is 29.6. The molecular formula is C25H47O3PS. The van der Waals surface area contributed by atoms with E-state index >= 15 is 0 Å². The van der Waals surface area contributed by atoms with E-state index < -0.39 is 17.4 Å². The monoisotopic (exact) mass is 458 g/mol. The second kappa shape index (κ2) is 12.6. The van der Waals surface area contributed by atoms with Gasteiger partial charge in [-0.1, -0.05) is 59.2 Å². The third-order valence-electron chi connectivity index (χ3n) is 5.19. The van der Waals surface area contributed by atoms with E-state index in [9.17, 15) is 13.0 Å². The molecule has 0 unspecified atom stereocenters. The van der Waals surface area contributed by atoms with Gasteiger partial charge in [-0.15, -0.1) is 0 Å². The summed E-state index contributed by atoms with van der Waals surface area (Å²) in [5.74, 6) is 0. The van der Waals surface area contributed by atoms with Gasteiger partial charge < -0.3 is 4.55 Å². The molecule has 1 aromatic carbocycles. The molecule has 1 aromatic rings. The van der Waals surface area contributed by atoms with Gasteiger partial charge in [0, 0.05) is 20.6 Å². The van der Waals surface area contributed by atoms with Crippen LogP contribution >= 0.6 is 7.26 Å². The van der Waals surface area contributed by atoms with E-state index in [1.165, 1.54) is 63.0 Å². The molecule has 0 amide bonds. The fourth-order valence-electron chi connectivity index (χ4n) is 3.21. The van der Waals surface area contributed by atoms with Crippen molar-refractivity contribution in [3.05, 3.63) is 29.8 Å². The minimum Gasteiger partial charge on any atom is -0.744 e. The first-order valence-corrected chi connectivity index (χ1v) is 15.7. The highest BCUT2D eigenvalue weighted by atomic mass is 32.2. The summed E-state index contributed by atoms with van der Waals surface area (Å²) in [7, 11) is -4.88. The number of hydrogen-bond acceptors (Lipinski definition) is 3. The average molecular weight is 459 g/mol. The maximum atomic E-state index is 10.4. The Kier molecular flexibility index (Phi) is 12.4. The molecule has 0 spiro atoms. The summed E-state index contributed by atoms with van der Waals surface area (Å²) in [4.78, 5) is -0.178. The molecule has 0 aliphatic carbocycles. The van der Waals surface area contributed by atoms with Crippen molar-refractivity contribution in [1.82, 2.24) is 0 Å². The number of aryl methyl sites for hydroxylation is 1. The minimum absolute atomic E-state index is 0.178. The van der Waals surface area contributed by atoms with Crippen molar-refractivity contribution in [3.8, 4) is 0 Å². The van der Waals surface area contributed by atoms with Gasteiger partial charge in [-0.2, -0.15) is 0 Å². The predicted molar refractivity (Wildman–Crippen MR) is 134 cm³/mol. The van der Waals surface area contributed by atoms with Crippen LogP contribution in [0.25, 0.3) is 0 Å². The summed E-state index contributed by atoms with van der Waals surface area (Å²) in [5.41, 5.74) is 1.97. The SMILES string of the molecule is CC(C)(C)CCCC[P+](C)(C)CCCCC(C)(C)C.Cc1ccc(S(=O)(=O)[O-])cc1. The normalized spacial score (nSPS) is 13.0. The summed E-state index contributed by atoms with van der Waals surface area (Å²) >= 11 is 0. The lowest BCUT2D eigenvalue weighted by Gasteiger charge is -2.22. The first-order valence-electron chi connectivity index (χ1n) is 11.3. The van der Waals surface area contributed by atoms with Gasteiger partial charge in [-0.3, -0.25) is 0 Å². The highest BCUT2D eigenvalue weighted by Crippen LogP contribution is 2.52. The fraction of sp³-hybridized carbons (Fsp3) is 0.760. The maximum absolute atomic E-state index is 10.4. The molecule has 0 saturated heterocycles. The standard InChI is InChI=1S/C18H40P.C7H8O3S/c1-17(2,3)13-9-11-15-19(7,8)16-12-10-14-18(4,5)6;1-6-2-4-7(5-3-6)11(8,9)10/h9-16H2,1-8H3;2-5H,1H3,(H,8,9,10)/q+1;/p-1. The van der Waals surface area contributed by atoms with Gasteiger partial charge in [0.15, 0.2) is 0 Å². The molecule has 0 N–H and O–H groups in total. The molecule has 30 heavy (non-hydrogen) atoms. The smallest absolute Gasteiger partial charge is 0.124 e. The molecule has 0 heterocycles. The van der Waals surface area contributed by atoms with Crippen molar-refractivity contribution in [1.29, 1.82) is 0 Å². The van der Waals surface area contributed by atoms with Crippen LogP contribution in [0, 0.1) is 17.8 Å². The zero-order valence-electron chi connectivity index (χ0n) is 21.0. The average Bonchev–Trinajstić information content (AvgIpc) is 2.54. The Balaban J connectivity index is 0.000000642. The number of hydrogen-bond donors (Lipinski definition) is 0. The zero-order valence-corrected chi connectivity index (χ0v) is 22.8. The lowest BCUT2D eigenvalue weighted by Crippen LogP contribution is -2.07. The fourth-order valence-corrected chi connectivity index (χ4v) is 6.06. The van der Waals surface area contributed by atoms with Crippen molar-refractivity contribution in [2.75, 3.05) is 25.7 Å². The van der Waals surface area contributed by atoms with Crippen molar-refractivity contribution in [3.63, 3.8) is 0 Å². The molecule has 5 heteroatoms. The van der Waals surface area contributed by atoms with Crippen molar-refractivity contribution in [2.45, 2.75) is 91.9 Å². The number of rotatable bonds is 9. The molecular weight excluding hydrogens is 411 g/mol. The molecule has 0 fully saturated rings. The molecule has 1 rings (SSSR count). The third-order valence-corrected chi connectivity index (χ3v) is 9.09. The molecule has 3 nitrogen and oxygen atoms in total. The van der Waals surface area contributed by atoms with E-state index in [1.807, 2.05) is 6.92 Å². The van der Waals surface area contributed by atoms with Crippen LogP contribution in [-0.2, 0) is 10.1 Å². The molecule has 0 aliphatic rings. The van der Waals surface area contributed by atoms with Crippen molar-refractivity contribution >= 4 is 17.4 Å². The third kappa shape index (κ3) is 17.3. The Morgan fingerprint density at radius 2 is 1.13 bits per heavy atom. The van der Waals surface area contributed by atoms with E-state index in [4.69, 9.17) is 0 Å². The lowest BCUT2D eigenvalue weighted by atomic mass is 9.90. The van der Waals surface area contributed by atoms with Crippen LogP contribution < -0.4 is 0 Å². The van der Waals surface area contributed by atoms with Gasteiger partial charge >= 0.3 is 0 Å². The Bertz CT molecular complexity index is 669. The second-order valence-corrected chi connectivity index (χ2v) is 17.8. The van der Waals surface area contributed by atoms with Gasteiger partial charge in [0.2, 0.25) is 0 Å². The zero-order chi connectivity index (χ0) is 23.6. The molecule has 0 atom stereocenters. The van der Waals surface area contributed by atoms with Crippen LogP contribution in [0.4, 0.5) is 0 Å². The van der Waals surface area contributed by atoms with Gasteiger partial charge in [-0.05, 0) is 68.4 Å². The van der Waals surface area contributed by atoms with Gasteiger partial charge in [0.25, 0.3) is 0 Å². The molecule has 176 valence electrons. The van der Waals surface area contributed by atoms with E-state index in [0.29, 0.717) is 10.8 Å². The molecule has 0 saturated carbocycles. The quantitative estimate of drug-likeness (QED) is 0.217.